The molecule has 1 aliphatic heterocycles. The zero-order valence-electron chi connectivity index (χ0n) is 13.8. The summed E-state index contributed by atoms with van der Waals surface area (Å²) in [5, 5.41) is 9.12. The summed E-state index contributed by atoms with van der Waals surface area (Å²) in [4.78, 5) is 13.5. The van der Waals surface area contributed by atoms with Crippen LogP contribution in [0.5, 0.6) is 0 Å². The Bertz CT molecular complexity index is 718. The highest BCUT2D eigenvalue weighted by Gasteiger charge is 2.20. The molecule has 6 nitrogen and oxygen atoms in total. The van der Waals surface area contributed by atoms with E-state index in [-0.39, 0.29) is 0 Å². The van der Waals surface area contributed by atoms with Crippen molar-refractivity contribution >= 4 is 5.82 Å². The molecule has 6 heteroatoms. The highest BCUT2D eigenvalue weighted by atomic mass is 16.4. The number of hydrogen-bond acceptors (Lipinski definition) is 6. The Morgan fingerprint density at radius 3 is 2.48 bits per heavy atom. The Morgan fingerprint density at radius 1 is 1.13 bits per heavy atom. The van der Waals surface area contributed by atoms with E-state index >= 15 is 0 Å². The van der Waals surface area contributed by atoms with Crippen molar-refractivity contribution in [3.05, 3.63) is 40.7 Å². The third-order valence-electron chi connectivity index (χ3n) is 4.32. The molecular weight excluding hydrogens is 290 g/mol. The van der Waals surface area contributed by atoms with E-state index in [4.69, 9.17) is 9.68 Å². The minimum atomic E-state index is 0.510. The summed E-state index contributed by atoms with van der Waals surface area (Å²) >= 11 is 0. The van der Waals surface area contributed by atoms with Gasteiger partial charge in [-0.05, 0) is 32.4 Å². The van der Waals surface area contributed by atoms with Crippen LogP contribution in [0.3, 0.4) is 0 Å². The van der Waals surface area contributed by atoms with Crippen LogP contribution in [0.1, 0.15) is 28.6 Å². The molecule has 1 saturated heterocycles. The van der Waals surface area contributed by atoms with Crippen molar-refractivity contribution in [3.8, 4) is 6.07 Å². The maximum atomic E-state index is 9.12. The summed E-state index contributed by atoms with van der Waals surface area (Å²) in [6, 6.07) is 6.11. The molecule has 0 aliphatic carbocycles. The SMILES string of the molecule is Cc1ccc(N2CCN(Cc3nc(C)c(C)o3)CC2)nc1C#N. The largest absolute Gasteiger partial charge is 0.444 e. The Labute approximate surface area is 136 Å². The van der Waals surface area contributed by atoms with Gasteiger partial charge in [0.2, 0.25) is 5.89 Å². The molecule has 0 unspecified atom stereocenters. The van der Waals surface area contributed by atoms with Gasteiger partial charge in [0.05, 0.1) is 12.2 Å². The molecule has 23 heavy (non-hydrogen) atoms. The molecule has 1 aliphatic rings. The molecule has 0 radical (unpaired) electrons. The summed E-state index contributed by atoms with van der Waals surface area (Å²) in [5.74, 6) is 2.56. The van der Waals surface area contributed by atoms with Crippen molar-refractivity contribution < 1.29 is 4.42 Å². The Kier molecular flexibility index (Phi) is 4.30. The van der Waals surface area contributed by atoms with E-state index in [0.717, 1.165) is 61.4 Å². The van der Waals surface area contributed by atoms with E-state index in [0.29, 0.717) is 5.69 Å². The minimum Gasteiger partial charge on any atom is -0.444 e. The van der Waals surface area contributed by atoms with Gasteiger partial charge in [0.25, 0.3) is 0 Å². The fraction of sp³-hybridized carbons (Fsp3) is 0.471. The van der Waals surface area contributed by atoms with Gasteiger partial charge in [0.1, 0.15) is 23.3 Å². The van der Waals surface area contributed by atoms with Gasteiger partial charge < -0.3 is 9.32 Å². The molecule has 2 aromatic heterocycles. The number of aryl methyl sites for hydroxylation is 3. The van der Waals surface area contributed by atoms with Crippen LogP contribution in [0, 0.1) is 32.1 Å². The average molecular weight is 311 g/mol. The molecule has 0 bridgehead atoms. The quantitative estimate of drug-likeness (QED) is 0.865. The third kappa shape index (κ3) is 3.35. The lowest BCUT2D eigenvalue weighted by Gasteiger charge is -2.34. The van der Waals surface area contributed by atoms with Gasteiger partial charge in [-0.3, -0.25) is 4.90 Å². The van der Waals surface area contributed by atoms with Crippen LogP contribution < -0.4 is 4.90 Å². The van der Waals surface area contributed by atoms with Crippen molar-refractivity contribution in [2.45, 2.75) is 27.3 Å². The van der Waals surface area contributed by atoms with Gasteiger partial charge in [-0.1, -0.05) is 6.07 Å². The average Bonchev–Trinajstić information content (AvgIpc) is 2.86. The van der Waals surface area contributed by atoms with Crippen molar-refractivity contribution in [1.29, 1.82) is 5.26 Å². The third-order valence-corrected chi connectivity index (χ3v) is 4.32. The fourth-order valence-corrected chi connectivity index (χ4v) is 2.74. The van der Waals surface area contributed by atoms with Crippen LogP contribution in [-0.2, 0) is 6.54 Å². The predicted molar refractivity (Wildman–Crippen MR) is 87.2 cm³/mol. The number of nitrogens with zero attached hydrogens (tertiary/aromatic N) is 5. The maximum Gasteiger partial charge on any atom is 0.208 e. The molecule has 3 rings (SSSR count). The second-order valence-electron chi connectivity index (χ2n) is 5.96. The first-order valence-electron chi connectivity index (χ1n) is 7.85. The molecule has 3 heterocycles. The minimum absolute atomic E-state index is 0.510. The van der Waals surface area contributed by atoms with Gasteiger partial charge in [-0.15, -0.1) is 0 Å². The number of nitriles is 1. The van der Waals surface area contributed by atoms with Crippen molar-refractivity contribution in [3.63, 3.8) is 0 Å². The fourth-order valence-electron chi connectivity index (χ4n) is 2.74. The van der Waals surface area contributed by atoms with E-state index in [2.05, 4.69) is 25.8 Å². The highest BCUT2D eigenvalue weighted by molar-refractivity contribution is 5.45. The topological polar surface area (TPSA) is 69.2 Å². The van der Waals surface area contributed by atoms with Crippen molar-refractivity contribution in [2.75, 3.05) is 31.1 Å². The van der Waals surface area contributed by atoms with Crippen LogP contribution in [0.4, 0.5) is 5.82 Å². The first-order valence-corrected chi connectivity index (χ1v) is 7.85. The standard InChI is InChI=1S/C17H21N5O/c1-12-4-5-16(20-15(12)10-18)22-8-6-21(7-9-22)11-17-19-13(2)14(3)23-17/h4-5H,6-9,11H2,1-3H3. The number of rotatable bonds is 3. The van der Waals surface area contributed by atoms with E-state index in [1.54, 1.807) is 0 Å². The van der Waals surface area contributed by atoms with Crippen LogP contribution in [0.2, 0.25) is 0 Å². The summed E-state index contributed by atoms with van der Waals surface area (Å²) in [5.41, 5.74) is 2.40. The smallest absolute Gasteiger partial charge is 0.208 e. The van der Waals surface area contributed by atoms with Gasteiger partial charge in [-0.25, -0.2) is 9.97 Å². The number of pyridine rings is 1. The molecular formula is C17H21N5O. The van der Waals surface area contributed by atoms with Gasteiger partial charge in [-0.2, -0.15) is 5.26 Å². The first kappa shape index (κ1) is 15.5. The molecule has 0 atom stereocenters. The highest BCUT2D eigenvalue weighted by Crippen LogP contribution is 2.18. The van der Waals surface area contributed by atoms with Crippen LogP contribution in [0.25, 0.3) is 0 Å². The Hall–Kier alpha value is -2.39. The van der Waals surface area contributed by atoms with Gasteiger partial charge in [0.15, 0.2) is 0 Å². The van der Waals surface area contributed by atoms with Gasteiger partial charge in [0, 0.05) is 26.2 Å². The molecule has 1 fully saturated rings. The number of piperazine rings is 1. The molecule has 0 N–H and O–H groups in total. The zero-order valence-corrected chi connectivity index (χ0v) is 13.8. The van der Waals surface area contributed by atoms with Crippen LogP contribution >= 0.6 is 0 Å². The Morgan fingerprint density at radius 2 is 1.87 bits per heavy atom. The zero-order chi connectivity index (χ0) is 16.4. The van der Waals surface area contributed by atoms with Crippen molar-refractivity contribution in [2.24, 2.45) is 0 Å². The first-order chi connectivity index (χ1) is 11.1. The number of oxazole rings is 1. The molecule has 0 aromatic carbocycles. The maximum absolute atomic E-state index is 9.12. The molecule has 120 valence electrons. The summed E-state index contributed by atoms with van der Waals surface area (Å²) in [6.45, 7) is 10.2. The predicted octanol–water partition coefficient (Wildman–Crippen LogP) is 2.19. The summed E-state index contributed by atoms with van der Waals surface area (Å²) in [6.07, 6.45) is 0. The Balaban J connectivity index is 1.61. The normalized spacial score (nSPS) is 15.7. The summed E-state index contributed by atoms with van der Waals surface area (Å²) < 4.78 is 5.66. The molecule has 0 amide bonds. The van der Waals surface area contributed by atoms with Crippen molar-refractivity contribution in [1.82, 2.24) is 14.9 Å². The lowest BCUT2D eigenvalue weighted by Crippen LogP contribution is -2.46. The van der Waals surface area contributed by atoms with Gasteiger partial charge >= 0.3 is 0 Å². The summed E-state index contributed by atoms with van der Waals surface area (Å²) in [7, 11) is 0. The molecule has 2 aromatic rings. The monoisotopic (exact) mass is 311 g/mol. The van der Waals surface area contributed by atoms with E-state index in [1.807, 2.05) is 32.9 Å². The van der Waals surface area contributed by atoms with E-state index in [1.165, 1.54) is 0 Å². The van der Waals surface area contributed by atoms with E-state index < -0.39 is 0 Å². The number of hydrogen-bond donors (Lipinski definition) is 0. The van der Waals surface area contributed by atoms with Crippen LogP contribution in [0.15, 0.2) is 16.5 Å². The molecule has 0 saturated carbocycles. The number of anilines is 1. The lowest BCUT2D eigenvalue weighted by molar-refractivity contribution is 0.224. The second-order valence-corrected chi connectivity index (χ2v) is 5.96. The molecule has 0 spiro atoms. The second kappa shape index (κ2) is 6.39. The lowest BCUT2D eigenvalue weighted by atomic mass is 10.2. The van der Waals surface area contributed by atoms with E-state index in [9.17, 15) is 0 Å². The number of aromatic nitrogens is 2. The van der Waals surface area contributed by atoms with Crippen LogP contribution in [-0.4, -0.2) is 41.0 Å².